The topological polar surface area (TPSA) is 19.5 Å². The van der Waals surface area contributed by atoms with Crippen molar-refractivity contribution in [2.45, 2.75) is 41.5 Å². The Morgan fingerprint density at radius 2 is 1.19 bits per heavy atom. The first-order valence-corrected chi connectivity index (χ1v) is 14.0. The summed E-state index contributed by atoms with van der Waals surface area (Å²) >= 11 is 0. The number of halogens is 2. The van der Waals surface area contributed by atoms with Crippen LogP contribution in [0.2, 0.25) is 0 Å². The molecule has 209 valence electrons. The molecule has 2 aliphatic rings. The Morgan fingerprint density at radius 3 is 1.81 bits per heavy atom. The highest BCUT2D eigenvalue weighted by atomic mass is 19.0. The van der Waals surface area contributed by atoms with Crippen LogP contribution < -0.4 is 9.29 Å². The lowest BCUT2D eigenvalue weighted by molar-refractivity contribution is -0.485. The number of aromatic nitrogens is 1. The number of hydrogen-bond donors (Lipinski definition) is 0. The van der Waals surface area contributed by atoms with Gasteiger partial charge in [0, 0.05) is 23.2 Å². The first kappa shape index (κ1) is 28.9. The molecule has 2 aliphatic heterocycles. The maximum absolute atomic E-state index is 5.04. The third-order valence-electron chi connectivity index (χ3n) is 8.28. The minimum atomic E-state index is 0. The van der Waals surface area contributed by atoms with Crippen molar-refractivity contribution < 1.29 is 13.9 Å². The van der Waals surface area contributed by atoms with Crippen molar-refractivity contribution in [3.05, 3.63) is 118 Å². The van der Waals surface area contributed by atoms with E-state index in [1.165, 1.54) is 66.6 Å². The summed E-state index contributed by atoms with van der Waals surface area (Å²) in [7, 11) is 2.19. The first-order chi connectivity index (χ1) is 19.3. The number of aliphatic imine (C=N–C) groups is 1. The molecule has 0 saturated heterocycles. The van der Waals surface area contributed by atoms with E-state index in [-0.39, 0.29) is 9.41 Å². The van der Waals surface area contributed by atoms with E-state index in [2.05, 4.69) is 143 Å². The van der Waals surface area contributed by atoms with Gasteiger partial charge in [-0.25, -0.2) is 0 Å². The van der Waals surface area contributed by atoms with E-state index in [1.54, 1.807) is 0 Å². The van der Waals surface area contributed by atoms with Gasteiger partial charge in [-0.3, -0.25) is 13.9 Å². The highest BCUT2D eigenvalue weighted by Gasteiger charge is 2.34. The Bertz CT molecular complexity index is 1910. The Kier molecular flexibility index (Phi) is 7.36. The quantitative estimate of drug-likeness (QED) is 0.199. The summed E-state index contributed by atoms with van der Waals surface area (Å²) < 4.78 is 2.21. The van der Waals surface area contributed by atoms with Crippen LogP contribution in [0.15, 0.2) is 83.9 Å². The molecule has 0 fully saturated rings. The summed E-state index contributed by atoms with van der Waals surface area (Å²) in [5.41, 5.74) is 16.5. The van der Waals surface area contributed by atoms with Gasteiger partial charge < -0.3 is 4.81 Å². The molecule has 3 heterocycles. The van der Waals surface area contributed by atoms with Gasteiger partial charge in [-0.1, -0.05) is 47.5 Å². The summed E-state index contributed by atoms with van der Waals surface area (Å²) in [4.78, 5) is 7.25. The minimum Gasteiger partial charge on any atom is -0.308 e. The monoisotopic (exact) mass is 557 g/mol. The van der Waals surface area contributed by atoms with E-state index < -0.39 is 0 Å². The standard InChI is InChI=1S/C36H32BN3.2FH/c1-21-15-23(3)35(24(4)16-21)29-7-11-31-27(19-29)9-13-33-38-34-14-10-28-20-30(8-12-32(28)40(34)37-39(31)33)36-25(5)17-22(2)18-26(36)6;;/h7-20H,1-6H3;2*1H/q+1;;. The van der Waals surface area contributed by atoms with Crippen molar-refractivity contribution >= 4 is 41.9 Å². The van der Waals surface area contributed by atoms with Crippen molar-refractivity contribution in [2.24, 2.45) is 4.99 Å². The van der Waals surface area contributed by atoms with Gasteiger partial charge >= 0.3 is 13.4 Å². The molecule has 0 amide bonds. The van der Waals surface area contributed by atoms with E-state index >= 15 is 0 Å². The second kappa shape index (κ2) is 10.7. The summed E-state index contributed by atoms with van der Waals surface area (Å²) in [6, 6.07) is 27.0. The predicted octanol–water partition coefficient (Wildman–Crippen LogP) is 8.58. The fraction of sp³-hybridized carbons (Fsp3) is 0.167. The van der Waals surface area contributed by atoms with Crippen molar-refractivity contribution in [1.29, 1.82) is 0 Å². The minimum absolute atomic E-state index is 0. The molecule has 0 saturated carbocycles. The lowest BCUT2D eigenvalue weighted by Gasteiger charge is -2.27. The molecule has 3 nitrogen and oxygen atoms in total. The average Bonchev–Trinajstić information content (AvgIpc) is 2.90. The average molecular weight is 557 g/mol. The van der Waals surface area contributed by atoms with Gasteiger partial charge in [-0.15, -0.1) is 0 Å². The van der Waals surface area contributed by atoms with E-state index in [9.17, 15) is 0 Å². The summed E-state index contributed by atoms with van der Waals surface area (Å²) in [5, 5.41) is 1.20. The van der Waals surface area contributed by atoms with Gasteiger partial charge in [0.1, 0.15) is 5.52 Å². The Hall–Kier alpha value is -4.58. The molecular formula is C36H34BF2N3+. The van der Waals surface area contributed by atoms with E-state index in [1.807, 2.05) is 0 Å². The zero-order chi connectivity index (χ0) is 27.7. The molecule has 6 heteroatoms. The van der Waals surface area contributed by atoms with Crippen LogP contribution in [0.1, 0.15) is 38.9 Å². The molecule has 4 aromatic carbocycles. The maximum atomic E-state index is 5.04. The van der Waals surface area contributed by atoms with Crippen LogP contribution in [0.3, 0.4) is 0 Å². The Balaban J connectivity index is 0.00000176. The fourth-order valence-corrected chi connectivity index (χ4v) is 6.79. The summed E-state index contributed by atoms with van der Waals surface area (Å²) in [5.74, 6) is 1.87. The van der Waals surface area contributed by atoms with E-state index in [0.29, 0.717) is 0 Å². The summed E-state index contributed by atoms with van der Waals surface area (Å²) in [6.45, 7) is 13.2. The number of amidine groups is 1. The molecule has 1 aromatic heterocycles. The van der Waals surface area contributed by atoms with Crippen molar-refractivity contribution in [2.75, 3.05) is 4.81 Å². The van der Waals surface area contributed by atoms with Gasteiger partial charge in [0.15, 0.2) is 0 Å². The lowest BCUT2D eigenvalue weighted by Crippen LogP contribution is -2.57. The van der Waals surface area contributed by atoms with Crippen LogP contribution in [0.25, 0.3) is 39.2 Å². The molecule has 0 unspecified atom stereocenters. The number of rotatable bonds is 2. The van der Waals surface area contributed by atoms with Crippen molar-refractivity contribution in [3.8, 4) is 22.3 Å². The van der Waals surface area contributed by atoms with Crippen LogP contribution >= 0.6 is 0 Å². The maximum Gasteiger partial charge on any atom is 0.555 e. The lowest BCUT2D eigenvalue weighted by atomic mass is 9.89. The fourth-order valence-electron chi connectivity index (χ4n) is 6.79. The molecule has 5 aromatic rings. The van der Waals surface area contributed by atoms with Crippen LogP contribution in [0.4, 0.5) is 20.9 Å². The third-order valence-corrected chi connectivity index (χ3v) is 8.28. The van der Waals surface area contributed by atoms with Gasteiger partial charge in [0.05, 0.1) is 0 Å². The summed E-state index contributed by atoms with van der Waals surface area (Å²) in [6.07, 6.45) is 4.31. The molecule has 42 heavy (non-hydrogen) atoms. The number of anilines is 1. The van der Waals surface area contributed by atoms with Gasteiger partial charge in [-0.05, 0) is 133 Å². The predicted molar refractivity (Wildman–Crippen MR) is 175 cm³/mol. The number of hydrogen-bond acceptors (Lipinski definition) is 2. The van der Waals surface area contributed by atoms with E-state index in [0.717, 1.165) is 22.9 Å². The van der Waals surface area contributed by atoms with E-state index in [4.69, 9.17) is 4.99 Å². The van der Waals surface area contributed by atoms with Crippen LogP contribution in [-0.4, -0.2) is 13.4 Å². The number of aryl methyl sites for hydroxylation is 6. The van der Waals surface area contributed by atoms with Crippen LogP contribution in [0.5, 0.6) is 0 Å². The second-order valence-corrected chi connectivity index (χ2v) is 11.4. The molecule has 0 spiro atoms. The third kappa shape index (κ3) is 4.61. The molecule has 0 atom stereocenters. The molecule has 0 aliphatic carbocycles. The SMILES string of the molecule is Cc1cc(C)c(-c2ccc3c(c2)C=CC2=Nc4ccc5cc(-c6c(C)cc(C)cc6C)ccc5[n+]4[B]N23)c(C)c1.F.F. The van der Waals surface area contributed by atoms with Crippen molar-refractivity contribution in [1.82, 2.24) is 0 Å². The highest BCUT2D eigenvalue weighted by molar-refractivity contribution is 6.46. The van der Waals surface area contributed by atoms with Gasteiger partial charge in [0.2, 0.25) is 5.84 Å². The normalized spacial score (nSPS) is 12.8. The number of benzene rings is 4. The van der Waals surface area contributed by atoms with Gasteiger partial charge in [-0.2, -0.15) is 0 Å². The number of nitrogens with zero attached hydrogens (tertiary/aromatic N) is 3. The van der Waals surface area contributed by atoms with Crippen LogP contribution in [-0.2, 0) is 0 Å². The number of pyridine rings is 1. The Labute approximate surface area is 246 Å². The molecule has 7 rings (SSSR count). The molecule has 1 radical (unpaired) electrons. The Morgan fingerprint density at radius 1 is 0.619 bits per heavy atom. The first-order valence-electron chi connectivity index (χ1n) is 14.0. The zero-order valence-corrected chi connectivity index (χ0v) is 24.8. The van der Waals surface area contributed by atoms with Crippen molar-refractivity contribution in [3.63, 3.8) is 0 Å². The zero-order valence-electron chi connectivity index (χ0n) is 24.8. The van der Waals surface area contributed by atoms with Gasteiger partial charge in [0.25, 0.3) is 0 Å². The second-order valence-electron chi connectivity index (χ2n) is 11.4. The molecule has 0 bridgehead atoms. The van der Waals surface area contributed by atoms with Crippen LogP contribution in [0, 0.1) is 41.5 Å². The highest BCUT2D eigenvalue weighted by Crippen LogP contribution is 2.36. The molecular weight excluding hydrogens is 523 g/mol. The largest absolute Gasteiger partial charge is 0.555 e. The number of fused-ring (bicyclic) bond motifs is 6. The molecule has 0 N–H and O–H groups in total. The smallest absolute Gasteiger partial charge is 0.308 e.